The topological polar surface area (TPSA) is 58.6 Å². The second-order valence-corrected chi connectivity index (χ2v) is 5.21. The molecular formula is C16H22N2O3. The number of rotatable bonds is 4. The van der Waals surface area contributed by atoms with Crippen molar-refractivity contribution in [2.45, 2.75) is 32.2 Å². The lowest BCUT2D eigenvalue weighted by atomic mass is 10.0. The standard InChI is InChI=1S/C16H22N2O3/c1-3-15(19)18-10-8-13(9-11-18)17-16(20)12-4-6-14(21-2)7-5-12/h4-7,13H,3,8-11H2,1-2H3,(H,17,20). The first-order chi connectivity index (χ1) is 10.1. The van der Waals surface area contributed by atoms with Gasteiger partial charge in [-0.1, -0.05) is 6.92 Å². The number of ether oxygens (including phenoxy) is 1. The fourth-order valence-corrected chi connectivity index (χ4v) is 2.51. The molecule has 0 radical (unpaired) electrons. The number of amides is 2. The van der Waals surface area contributed by atoms with Crippen LogP contribution in [0.25, 0.3) is 0 Å². The first-order valence-electron chi connectivity index (χ1n) is 7.36. The van der Waals surface area contributed by atoms with Crippen LogP contribution < -0.4 is 10.1 Å². The molecule has 1 aromatic rings. The van der Waals surface area contributed by atoms with Crippen LogP contribution in [0.4, 0.5) is 0 Å². The predicted octanol–water partition coefficient (Wildman–Crippen LogP) is 1.83. The molecule has 0 spiro atoms. The largest absolute Gasteiger partial charge is 0.497 e. The van der Waals surface area contributed by atoms with Gasteiger partial charge in [0.2, 0.25) is 5.91 Å². The first kappa shape index (κ1) is 15.4. The summed E-state index contributed by atoms with van der Waals surface area (Å²) < 4.78 is 5.07. The molecule has 1 saturated heterocycles. The summed E-state index contributed by atoms with van der Waals surface area (Å²) in [5.74, 6) is 0.853. The van der Waals surface area contributed by atoms with Crippen LogP contribution in [-0.4, -0.2) is 43.0 Å². The molecular weight excluding hydrogens is 268 g/mol. The van der Waals surface area contributed by atoms with E-state index < -0.39 is 0 Å². The van der Waals surface area contributed by atoms with Gasteiger partial charge in [0.15, 0.2) is 0 Å². The Labute approximate surface area is 125 Å². The van der Waals surface area contributed by atoms with Crippen molar-refractivity contribution in [2.24, 2.45) is 0 Å². The lowest BCUT2D eigenvalue weighted by Crippen LogP contribution is -2.46. The molecule has 0 aromatic heterocycles. The molecule has 0 atom stereocenters. The smallest absolute Gasteiger partial charge is 0.251 e. The highest BCUT2D eigenvalue weighted by Gasteiger charge is 2.23. The zero-order valence-corrected chi connectivity index (χ0v) is 12.6. The number of hydrogen-bond acceptors (Lipinski definition) is 3. The number of carbonyl (C=O) groups excluding carboxylic acids is 2. The van der Waals surface area contributed by atoms with Crippen LogP contribution >= 0.6 is 0 Å². The van der Waals surface area contributed by atoms with Gasteiger partial charge in [-0.2, -0.15) is 0 Å². The third kappa shape index (κ3) is 3.97. The van der Waals surface area contributed by atoms with Crippen molar-refractivity contribution in [1.29, 1.82) is 0 Å². The second kappa shape index (κ2) is 7.11. The van der Waals surface area contributed by atoms with Gasteiger partial charge in [0.05, 0.1) is 7.11 Å². The molecule has 5 nitrogen and oxygen atoms in total. The van der Waals surface area contributed by atoms with Gasteiger partial charge in [-0.05, 0) is 37.1 Å². The lowest BCUT2D eigenvalue weighted by molar-refractivity contribution is -0.131. The maximum absolute atomic E-state index is 12.2. The SMILES string of the molecule is CCC(=O)N1CCC(NC(=O)c2ccc(OC)cc2)CC1. The Morgan fingerprint density at radius 3 is 2.38 bits per heavy atom. The van der Waals surface area contributed by atoms with Crippen LogP contribution in [0.1, 0.15) is 36.5 Å². The van der Waals surface area contributed by atoms with Gasteiger partial charge >= 0.3 is 0 Å². The molecule has 1 N–H and O–H groups in total. The number of benzene rings is 1. The molecule has 0 unspecified atom stereocenters. The zero-order valence-electron chi connectivity index (χ0n) is 12.6. The molecule has 1 aliphatic rings. The number of hydrogen-bond donors (Lipinski definition) is 1. The normalized spacial score (nSPS) is 15.6. The molecule has 0 aliphatic carbocycles. The van der Waals surface area contributed by atoms with Crippen LogP contribution in [0.2, 0.25) is 0 Å². The Kier molecular flexibility index (Phi) is 5.20. The quantitative estimate of drug-likeness (QED) is 0.920. The number of likely N-dealkylation sites (tertiary alicyclic amines) is 1. The van der Waals surface area contributed by atoms with Crippen LogP contribution in [0.15, 0.2) is 24.3 Å². The minimum Gasteiger partial charge on any atom is -0.497 e. The van der Waals surface area contributed by atoms with Gasteiger partial charge in [-0.25, -0.2) is 0 Å². The van der Waals surface area contributed by atoms with Crippen LogP contribution in [-0.2, 0) is 4.79 Å². The summed E-state index contributed by atoms with van der Waals surface area (Å²) in [7, 11) is 1.60. The number of piperidine rings is 1. The first-order valence-corrected chi connectivity index (χ1v) is 7.36. The summed E-state index contributed by atoms with van der Waals surface area (Å²) in [5.41, 5.74) is 0.628. The number of nitrogens with one attached hydrogen (secondary N) is 1. The van der Waals surface area contributed by atoms with E-state index in [9.17, 15) is 9.59 Å². The molecule has 1 heterocycles. The lowest BCUT2D eigenvalue weighted by Gasteiger charge is -2.32. The number of nitrogens with zero attached hydrogens (tertiary/aromatic N) is 1. The van der Waals surface area contributed by atoms with Crippen molar-refractivity contribution in [2.75, 3.05) is 20.2 Å². The van der Waals surface area contributed by atoms with Crippen LogP contribution in [0, 0.1) is 0 Å². The van der Waals surface area contributed by atoms with Gasteiger partial charge < -0.3 is 15.0 Å². The highest BCUT2D eigenvalue weighted by molar-refractivity contribution is 5.94. The van der Waals surface area contributed by atoms with E-state index in [2.05, 4.69) is 5.32 Å². The highest BCUT2D eigenvalue weighted by Crippen LogP contribution is 2.14. The number of methoxy groups -OCH3 is 1. The van der Waals surface area contributed by atoms with E-state index in [-0.39, 0.29) is 17.9 Å². The Balaban J connectivity index is 1.85. The van der Waals surface area contributed by atoms with Gasteiger partial charge in [-0.3, -0.25) is 9.59 Å². The van der Waals surface area contributed by atoms with Gasteiger partial charge in [0.25, 0.3) is 5.91 Å². The van der Waals surface area contributed by atoms with Gasteiger partial charge in [-0.15, -0.1) is 0 Å². The third-order valence-electron chi connectivity index (χ3n) is 3.84. The van der Waals surface area contributed by atoms with Crippen molar-refractivity contribution in [3.05, 3.63) is 29.8 Å². The van der Waals surface area contributed by atoms with Crippen LogP contribution in [0.5, 0.6) is 5.75 Å². The van der Waals surface area contributed by atoms with E-state index >= 15 is 0 Å². The molecule has 21 heavy (non-hydrogen) atoms. The van der Waals surface area contributed by atoms with E-state index in [1.165, 1.54) is 0 Å². The molecule has 5 heteroatoms. The second-order valence-electron chi connectivity index (χ2n) is 5.21. The minimum absolute atomic E-state index is 0.0714. The van der Waals surface area contributed by atoms with Crippen molar-refractivity contribution in [3.63, 3.8) is 0 Å². The maximum Gasteiger partial charge on any atom is 0.251 e. The summed E-state index contributed by atoms with van der Waals surface area (Å²) in [5, 5.41) is 3.03. The van der Waals surface area contributed by atoms with Crippen molar-refractivity contribution >= 4 is 11.8 Å². The Morgan fingerprint density at radius 1 is 1.24 bits per heavy atom. The fourth-order valence-electron chi connectivity index (χ4n) is 2.51. The molecule has 114 valence electrons. The monoisotopic (exact) mass is 290 g/mol. The fraction of sp³-hybridized carbons (Fsp3) is 0.500. The molecule has 0 bridgehead atoms. The summed E-state index contributed by atoms with van der Waals surface area (Å²) in [6.45, 7) is 3.32. The summed E-state index contributed by atoms with van der Waals surface area (Å²) in [6.07, 6.45) is 2.17. The average molecular weight is 290 g/mol. The Bertz CT molecular complexity index is 491. The van der Waals surface area contributed by atoms with E-state index in [0.29, 0.717) is 12.0 Å². The highest BCUT2D eigenvalue weighted by atomic mass is 16.5. The Hall–Kier alpha value is -2.04. The third-order valence-corrected chi connectivity index (χ3v) is 3.84. The predicted molar refractivity (Wildman–Crippen MR) is 80.4 cm³/mol. The number of carbonyl (C=O) groups is 2. The summed E-state index contributed by atoms with van der Waals surface area (Å²) >= 11 is 0. The zero-order chi connectivity index (χ0) is 15.2. The van der Waals surface area contributed by atoms with E-state index in [0.717, 1.165) is 31.7 Å². The molecule has 2 amide bonds. The van der Waals surface area contributed by atoms with Crippen LogP contribution in [0.3, 0.4) is 0 Å². The van der Waals surface area contributed by atoms with E-state index in [4.69, 9.17) is 4.74 Å². The molecule has 1 aliphatic heterocycles. The molecule has 2 rings (SSSR count). The van der Waals surface area contributed by atoms with Gasteiger partial charge in [0, 0.05) is 31.1 Å². The van der Waals surface area contributed by atoms with Crippen molar-refractivity contribution in [3.8, 4) is 5.75 Å². The maximum atomic E-state index is 12.2. The Morgan fingerprint density at radius 2 is 1.86 bits per heavy atom. The average Bonchev–Trinajstić information content (AvgIpc) is 2.55. The molecule has 1 aromatic carbocycles. The minimum atomic E-state index is -0.0714. The van der Waals surface area contributed by atoms with Crippen molar-refractivity contribution in [1.82, 2.24) is 10.2 Å². The van der Waals surface area contributed by atoms with E-state index in [1.807, 2.05) is 11.8 Å². The summed E-state index contributed by atoms with van der Waals surface area (Å²) in [4.78, 5) is 25.6. The van der Waals surface area contributed by atoms with Crippen molar-refractivity contribution < 1.29 is 14.3 Å². The summed E-state index contributed by atoms with van der Waals surface area (Å²) in [6, 6.07) is 7.20. The molecule has 0 saturated carbocycles. The molecule has 1 fully saturated rings. The van der Waals surface area contributed by atoms with E-state index in [1.54, 1.807) is 31.4 Å². The van der Waals surface area contributed by atoms with Gasteiger partial charge in [0.1, 0.15) is 5.75 Å².